The molecule has 12 heteroatoms. The van der Waals surface area contributed by atoms with Gasteiger partial charge < -0.3 is 19.5 Å². The van der Waals surface area contributed by atoms with Crippen molar-refractivity contribution in [2.45, 2.75) is 52.6 Å². The third-order valence-electron chi connectivity index (χ3n) is 6.67. The highest BCUT2D eigenvalue weighted by Crippen LogP contribution is 2.38. The van der Waals surface area contributed by atoms with Crippen LogP contribution < -0.4 is 20.2 Å². The molecule has 0 spiro atoms. The Morgan fingerprint density at radius 1 is 1.00 bits per heavy atom. The first-order valence-electron chi connectivity index (χ1n) is 13.4. The monoisotopic (exact) mass is 631 g/mol. The molecule has 1 heterocycles. The molecule has 2 amide bonds. The van der Waals surface area contributed by atoms with Crippen LogP contribution in [-0.2, 0) is 33.8 Å². The van der Waals surface area contributed by atoms with Crippen molar-refractivity contribution in [2.75, 3.05) is 19.0 Å². The highest BCUT2D eigenvalue weighted by molar-refractivity contribution is 7.17. The van der Waals surface area contributed by atoms with Gasteiger partial charge in [-0.15, -0.1) is 11.3 Å². The van der Waals surface area contributed by atoms with Crippen molar-refractivity contribution in [1.29, 1.82) is 0 Å². The summed E-state index contributed by atoms with van der Waals surface area (Å²) in [6, 6.07) is 10.3. The number of hydrogen-bond acceptors (Lipinski definition) is 8. The number of rotatable bonds is 9. The molecule has 3 aromatic rings. The summed E-state index contributed by atoms with van der Waals surface area (Å²) in [7, 11) is 1.50. The predicted molar refractivity (Wildman–Crippen MR) is 164 cm³/mol. The summed E-state index contributed by atoms with van der Waals surface area (Å²) in [6.07, 6.45) is 4.58. The molecule has 0 aliphatic heterocycles. The molecule has 222 valence electrons. The van der Waals surface area contributed by atoms with E-state index in [9.17, 15) is 14.4 Å². The van der Waals surface area contributed by atoms with E-state index in [1.165, 1.54) is 18.4 Å². The Morgan fingerprint density at radius 2 is 1.74 bits per heavy atom. The Balaban J connectivity index is 1.43. The molecule has 0 bridgehead atoms. The lowest BCUT2D eigenvalue weighted by Crippen LogP contribution is -2.33. The summed E-state index contributed by atoms with van der Waals surface area (Å²) in [5.74, 6) is -1.53. The molecular weight excluding hydrogens is 601 g/mol. The van der Waals surface area contributed by atoms with E-state index < -0.39 is 17.8 Å². The smallest absolute Gasteiger partial charge is 0.341 e. The molecule has 1 aliphatic rings. The Kier molecular flexibility index (Phi) is 10.8. The Bertz CT molecular complexity index is 1500. The van der Waals surface area contributed by atoms with Gasteiger partial charge in [-0.3, -0.25) is 9.59 Å². The maximum Gasteiger partial charge on any atom is 0.341 e. The lowest BCUT2D eigenvalue weighted by atomic mass is 10.1. The van der Waals surface area contributed by atoms with Crippen LogP contribution in [0.3, 0.4) is 0 Å². The molecular formula is C30H31Cl2N3O6S. The fourth-order valence-corrected chi connectivity index (χ4v) is 6.27. The van der Waals surface area contributed by atoms with Crippen molar-refractivity contribution in [2.24, 2.45) is 5.10 Å². The van der Waals surface area contributed by atoms with Crippen molar-refractivity contribution >= 4 is 63.0 Å². The van der Waals surface area contributed by atoms with Crippen molar-refractivity contribution in [3.63, 3.8) is 0 Å². The van der Waals surface area contributed by atoms with Crippen molar-refractivity contribution in [1.82, 2.24) is 5.43 Å². The number of anilines is 1. The molecule has 1 aromatic heterocycles. The summed E-state index contributed by atoms with van der Waals surface area (Å²) in [6.45, 7) is 3.74. The average Bonchev–Trinajstić information content (AvgIpc) is 3.15. The van der Waals surface area contributed by atoms with Crippen molar-refractivity contribution in [3.05, 3.63) is 73.6 Å². The number of esters is 1. The maximum atomic E-state index is 12.8. The molecule has 0 unspecified atom stereocenters. The van der Waals surface area contributed by atoms with Gasteiger partial charge in [0.1, 0.15) is 11.6 Å². The van der Waals surface area contributed by atoms with Crippen LogP contribution in [0.2, 0.25) is 10.0 Å². The molecule has 0 saturated carbocycles. The molecule has 0 saturated heterocycles. The Morgan fingerprint density at radius 3 is 2.45 bits per heavy atom. The van der Waals surface area contributed by atoms with Crippen LogP contribution in [0.4, 0.5) is 5.00 Å². The standard InChI is InChI=1S/C30H31Cl2N3O6S/c1-4-40-30(38)26-19-9-6-5-7-12-25(19)42-29(26)33-27(36)28(37)35-34-17(2)18-13-14-23(24(15-18)39-3)41-16-20-21(31)10-8-11-22(20)32/h8,10-11,13-15H,4-7,9,12,16H2,1-3H3,(H,33,36)(H,35,37)/b34-17+. The predicted octanol–water partition coefficient (Wildman–Crippen LogP) is 6.57. The SMILES string of the molecule is CCOC(=O)c1c(NC(=O)C(=O)N/N=C(\C)c2ccc(OCc3c(Cl)cccc3Cl)c(OC)c2)sc2c1CCCCC2. The van der Waals surface area contributed by atoms with Crippen LogP contribution in [0, 0.1) is 0 Å². The Hall–Kier alpha value is -3.60. The van der Waals surface area contributed by atoms with E-state index in [0.29, 0.717) is 48.9 Å². The van der Waals surface area contributed by atoms with Crippen molar-refractivity contribution in [3.8, 4) is 11.5 Å². The van der Waals surface area contributed by atoms with Gasteiger partial charge in [-0.25, -0.2) is 10.2 Å². The molecule has 9 nitrogen and oxygen atoms in total. The second-order valence-corrected chi connectivity index (χ2v) is 11.4. The number of carbonyl (C=O) groups is 3. The largest absolute Gasteiger partial charge is 0.493 e. The third kappa shape index (κ3) is 7.42. The number of fused-ring (bicyclic) bond motifs is 1. The van der Waals surface area contributed by atoms with Crippen LogP contribution in [0.25, 0.3) is 0 Å². The zero-order valence-corrected chi connectivity index (χ0v) is 25.8. The first kappa shape index (κ1) is 31.3. The summed E-state index contributed by atoms with van der Waals surface area (Å²) >= 11 is 13.8. The van der Waals surface area contributed by atoms with Gasteiger partial charge in [-0.05, 0) is 75.4 Å². The number of halogens is 2. The zero-order chi connectivity index (χ0) is 30.2. The summed E-state index contributed by atoms with van der Waals surface area (Å²) in [5, 5.41) is 7.98. The fourth-order valence-electron chi connectivity index (χ4n) is 4.49. The van der Waals surface area contributed by atoms with Crippen LogP contribution in [-0.4, -0.2) is 37.2 Å². The number of ether oxygens (including phenoxy) is 3. The first-order chi connectivity index (χ1) is 20.2. The highest BCUT2D eigenvalue weighted by atomic mass is 35.5. The van der Waals surface area contributed by atoms with Gasteiger partial charge >= 0.3 is 17.8 Å². The normalized spacial score (nSPS) is 13.0. The second-order valence-electron chi connectivity index (χ2n) is 9.44. The fraction of sp³-hybridized carbons (Fsp3) is 0.333. The maximum absolute atomic E-state index is 12.8. The number of carbonyl (C=O) groups excluding carboxylic acids is 3. The number of hydrazone groups is 1. The van der Waals surface area contributed by atoms with Gasteiger partial charge in [-0.2, -0.15) is 5.10 Å². The number of nitrogens with zero attached hydrogens (tertiary/aromatic N) is 1. The highest BCUT2D eigenvalue weighted by Gasteiger charge is 2.28. The number of benzene rings is 2. The number of hydrogen-bond donors (Lipinski definition) is 2. The van der Waals surface area contributed by atoms with Crippen LogP contribution in [0.1, 0.15) is 65.0 Å². The quantitative estimate of drug-likeness (QED) is 0.0907. The van der Waals surface area contributed by atoms with E-state index in [1.807, 2.05) is 0 Å². The second kappa shape index (κ2) is 14.5. The van der Waals surface area contributed by atoms with Gasteiger partial charge in [0.05, 0.1) is 25.0 Å². The molecule has 4 rings (SSSR count). The average molecular weight is 633 g/mol. The minimum Gasteiger partial charge on any atom is -0.493 e. The molecule has 2 aromatic carbocycles. The Labute approximate surface area is 258 Å². The van der Waals surface area contributed by atoms with Gasteiger partial charge in [0.15, 0.2) is 11.5 Å². The van der Waals surface area contributed by atoms with E-state index in [4.69, 9.17) is 37.4 Å². The minimum atomic E-state index is -0.976. The van der Waals surface area contributed by atoms with E-state index in [1.54, 1.807) is 50.2 Å². The van der Waals surface area contributed by atoms with E-state index in [-0.39, 0.29) is 13.2 Å². The number of thiophene rings is 1. The van der Waals surface area contributed by atoms with Crippen LogP contribution in [0.15, 0.2) is 41.5 Å². The molecule has 42 heavy (non-hydrogen) atoms. The third-order valence-corrected chi connectivity index (χ3v) is 8.59. The molecule has 0 atom stereocenters. The van der Waals surface area contributed by atoms with Gasteiger partial charge in [-0.1, -0.05) is 35.7 Å². The molecule has 1 aliphatic carbocycles. The van der Waals surface area contributed by atoms with Gasteiger partial charge in [0, 0.05) is 26.0 Å². The van der Waals surface area contributed by atoms with Gasteiger partial charge in [0.2, 0.25) is 0 Å². The lowest BCUT2D eigenvalue weighted by Gasteiger charge is -2.13. The van der Waals surface area contributed by atoms with Crippen molar-refractivity contribution < 1.29 is 28.6 Å². The summed E-state index contributed by atoms with van der Waals surface area (Å²) in [4.78, 5) is 39.2. The van der Waals surface area contributed by atoms with E-state index in [0.717, 1.165) is 42.5 Å². The number of methoxy groups -OCH3 is 1. The molecule has 0 radical (unpaired) electrons. The minimum absolute atomic E-state index is 0.136. The van der Waals surface area contributed by atoms with E-state index >= 15 is 0 Å². The topological polar surface area (TPSA) is 115 Å². The summed E-state index contributed by atoms with van der Waals surface area (Å²) < 4.78 is 16.6. The van der Waals surface area contributed by atoms with E-state index in [2.05, 4.69) is 15.8 Å². The number of nitrogens with one attached hydrogen (secondary N) is 2. The van der Waals surface area contributed by atoms with Crippen LogP contribution in [0.5, 0.6) is 11.5 Å². The molecule has 0 fully saturated rings. The first-order valence-corrected chi connectivity index (χ1v) is 15.0. The van der Waals surface area contributed by atoms with Crippen LogP contribution >= 0.6 is 34.5 Å². The zero-order valence-electron chi connectivity index (χ0n) is 23.5. The number of amides is 2. The lowest BCUT2D eigenvalue weighted by molar-refractivity contribution is -0.136. The number of aryl methyl sites for hydroxylation is 1. The summed E-state index contributed by atoms with van der Waals surface area (Å²) in [5.41, 5.74) is 5.22. The van der Waals surface area contributed by atoms with Gasteiger partial charge in [0.25, 0.3) is 0 Å². The molecule has 2 N–H and O–H groups in total.